The monoisotopic (exact) mass is 540 g/mol. The highest BCUT2D eigenvalue weighted by Gasteiger charge is 2.60. The number of rotatable bonds is 4. The minimum atomic E-state index is -3.63. The van der Waals surface area contributed by atoms with Crippen molar-refractivity contribution in [3.63, 3.8) is 0 Å². The number of phenols is 1. The van der Waals surface area contributed by atoms with E-state index in [1.165, 1.54) is 12.3 Å². The highest BCUT2D eigenvalue weighted by atomic mass is 32.2. The van der Waals surface area contributed by atoms with Gasteiger partial charge in [0.1, 0.15) is 22.8 Å². The number of primary amides is 1. The number of nitrogens with zero attached hydrogens (tertiary/aromatic N) is 1. The van der Waals surface area contributed by atoms with Crippen LogP contribution in [-0.4, -0.2) is 63.2 Å². The highest BCUT2D eigenvalue weighted by molar-refractivity contribution is 7.89. The second-order valence-corrected chi connectivity index (χ2v) is 12.1. The summed E-state index contributed by atoms with van der Waals surface area (Å²) in [7, 11) is -3.63. The number of ketones is 2. The molecule has 0 radical (unpaired) electrons. The lowest BCUT2D eigenvalue weighted by Gasteiger charge is -2.46. The molecule has 5 rings (SSSR count). The summed E-state index contributed by atoms with van der Waals surface area (Å²) in [5.74, 6) is -8.01. The lowest BCUT2D eigenvalue weighted by atomic mass is 9.59. The summed E-state index contributed by atoms with van der Waals surface area (Å²) in [4.78, 5) is 42.3. The number of sulfone groups is 1. The van der Waals surface area contributed by atoms with E-state index in [0.29, 0.717) is 16.8 Å². The Morgan fingerprint density at radius 1 is 1.18 bits per heavy atom. The molecule has 1 aromatic carbocycles. The number of aliphatic hydroxyl groups excluding tert-OH is 2. The van der Waals surface area contributed by atoms with Gasteiger partial charge < -0.3 is 26.2 Å². The number of Topliss-reactive ketones (excluding diaryl/α,β-unsaturated/α-hetero) is 2. The Balaban J connectivity index is 1.77. The largest absolute Gasteiger partial charge is 0.508 e. The fourth-order valence-corrected chi connectivity index (χ4v) is 6.67. The number of hydrogen-bond acceptors (Lipinski definition) is 10. The maximum atomic E-state index is 13.7. The van der Waals surface area contributed by atoms with Gasteiger partial charge in [-0.25, -0.2) is 8.42 Å². The maximum absolute atomic E-state index is 13.7. The summed E-state index contributed by atoms with van der Waals surface area (Å²) >= 11 is 0. The van der Waals surface area contributed by atoms with Gasteiger partial charge in [0.15, 0.2) is 21.2 Å². The molecule has 2 aromatic rings. The minimum Gasteiger partial charge on any atom is -0.508 e. The van der Waals surface area contributed by atoms with Crippen LogP contribution in [0, 0.1) is 11.8 Å². The number of aromatic hydroxyl groups is 1. The second-order valence-electron chi connectivity index (χ2n) is 9.98. The first-order valence-corrected chi connectivity index (χ1v) is 13.8. The quantitative estimate of drug-likeness (QED) is 0.348. The molecular formula is C26H24N2O9S. The van der Waals surface area contributed by atoms with E-state index in [4.69, 9.17) is 5.73 Å². The van der Waals surface area contributed by atoms with E-state index in [1.54, 1.807) is 18.2 Å². The van der Waals surface area contributed by atoms with Crippen LogP contribution in [0.2, 0.25) is 0 Å². The molecule has 3 atom stereocenters. The van der Waals surface area contributed by atoms with E-state index in [9.17, 15) is 43.2 Å². The minimum absolute atomic E-state index is 0.0174. The molecule has 1 amide bonds. The van der Waals surface area contributed by atoms with Crippen LogP contribution in [0.3, 0.4) is 0 Å². The Kier molecular flexibility index (Phi) is 5.73. The molecule has 1 fully saturated rings. The molecule has 1 aromatic heterocycles. The first-order valence-electron chi connectivity index (χ1n) is 11.7. The molecule has 38 heavy (non-hydrogen) atoms. The first kappa shape index (κ1) is 25.6. The molecule has 3 unspecified atom stereocenters. The van der Waals surface area contributed by atoms with Gasteiger partial charge in [0.25, 0.3) is 5.91 Å². The van der Waals surface area contributed by atoms with Crippen molar-refractivity contribution < 1.29 is 43.2 Å². The number of amides is 1. The number of carbonyl (C=O) groups excluding carboxylic acids is 3. The molecule has 1 saturated carbocycles. The molecule has 0 spiro atoms. The van der Waals surface area contributed by atoms with Crippen LogP contribution < -0.4 is 5.73 Å². The van der Waals surface area contributed by atoms with Crippen LogP contribution in [-0.2, 0) is 36.4 Å². The average Bonchev–Trinajstić information content (AvgIpc) is 2.82. The Hall–Kier alpha value is -4.03. The van der Waals surface area contributed by atoms with Gasteiger partial charge in [0, 0.05) is 41.5 Å². The van der Waals surface area contributed by atoms with Crippen molar-refractivity contribution in [2.75, 3.05) is 6.26 Å². The molecule has 3 aliphatic rings. The number of carbonyl (C=O) groups is 3. The molecule has 11 nitrogen and oxygen atoms in total. The van der Waals surface area contributed by atoms with E-state index in [-0.39, 0.29) is 29.5 Å². The van der Waals surface area contributed by atoms with Gasteiger partial charge in [-0.05, 0) is 42.5 Å². The normalized spacial score (nSPS) is 25.1. The topological polar surface area (TPSA) is 205 Å². The maximum Gasteiger partial charge on any atom is 0.255 e. The lowest BCUT2D eigenvalue weighted by Crippen LogP contribution is -2.58. The van der Waals surface area contributed by atoms with Gasteiger partial charge in [-0.2, -0.15) is 0 Å². The molecule has 6 N–H and O–H groups in total. The van der Waals surface area contributed by atoms with E-state index in [0.717, 1.165) is 6.26 Å². The average molecular weight is 541 g/mol. The summed E-state index contributed by atoms with van der Waals surface area (Å²) < 4.78 is 24.2. The van der Waals surface area contributed by atoms with Crippen molar-refractivity contribution in [1.29, 1.82) is 0 Å². The molecule has 1 heterocycles. The molecule has 198 valence electrons. The van der Waals surface area contributed by atoms with E-state index < -0.39 is 79.8 Å². The summed E-state index contributed by atoms with van der Waals surface area (Å²) in [6.45, 7) is 0. The Morgan fingerprint density at radius 3 is 2.50 bits per heavy atom. The zero-order chi connectivity index (χ0) is 27.7. The van der Waals surface area contributed by atoms with Crippen LogP contribution in [0.4, 0.5) is 0 Å². The molecule has 0 bridgehead atoms. The summed E-state index contributed by atoms with van der Waals surface area (Å²) in [5, 5.41) is 44.5. The standard InChI is InChI=1S/C26H24N2O9S/c1-38(36,37)10-12-8-14(16-4-2-3-5-28-16)15-7-11-6-13-9-17(29)20(25(27)34)24(33)26(13,35)23(32)18(11)22(31)19(15)21(12)30/h2-5,8,11,13,30-31,33,35H,6-7,9-10H2,1H3,(H2,27,34). The predicted octanol–water partition coefficient (Wildman–Crippen LogP) is 1.03. The van der Waals surface area contributed by atoms with E-state index in [1.807, 2.05) is 0 Å². The zero-order valence-electron chi connectivity index (χ0n) is 20.1. The Labute approximate surface area is 216 Å². The summed E-state index contributed by atoms with van der Waals surface area (Å²) in [6, 6.07) is 6.55. The lowest BCUT2D eigenvalue weighted by molar-refractivity contribution is -0.147. The first-order chi connectivity index (χ1) is 17.8. The van der Waals surface area contributed by atoms with Gasteiger partial charge in [-0.3, -0.25) is 19.4 Å². The SMILES string of the molecule is CS(=O)(=O)Cc1cc(-c2ccccn2)c2c(c1O)C(O)=C1C(=O)C3(O)C(O)=C(C(N)=O)C(=O)CC3CC1C2. The van der Waals surface area contributed by atoms with Gasteiger partial charge >= 0.3 is 0 Å². The van der Waals surface area contributed by atoms with Crippen molar-refractivity contribution in [2.24, 2.45) is 17.6 Å². The van der Waals surface area contributed by atoms with Crippen molar-refractivity contribution >= 4 is 33.1 Å². The number of pyridine rings is 1. The third-order valence-corrected chi connectivity index (χ3v) is 8.34. The predicted molar refractivity (Wildman–Crippen MR) is 133 cm³/mol. The smallest absolute Gasteiger partial charge is 0.255 e. The second kappa shape index (κ2) is 8.50. The van der Waals surface area contributed by atoms with Gasteiger partial charge in [-0.15, -0.1) is 0 Å². The zero-order valence-corrected chi connectivity index (χ0v) is 20.9. The van der Waals surface area contributed by atoms with Crippen LogP contribution in [0.5, 0.6) is 5.75 Å². The number of nitrogens with two attached hydrogens (primary N) is 1. The Morgan fingerprint density at radius 2 is 1.89 bits per heavy atom. The van der Waals surface area contributed by atoms with Crippen molar-refractivity contribution in [3.05, 3.63) is 64.1 Å². The third-order valence-electron chi connectivity index (χ3n) is 7.50. The highest BCUT2D eigenvalue weighted by Crippen LogP contribution is 2.53. The van der Waals surface area contributed by atoms with Crippen LogP contribution in [0.15, 0.2) is 47.4 Å². The molecule has 3 aliphatic carbocycles. The number of benzene rings is 1. The molecule has 0 aliphatic heterocycles. The van der Waals surface area contributed by atoms with E-state index in [2.05, 4.69) is 4.98 Å². The molecule has 0 saturated heterocycles. The van der Waals surface area contributed by atoms with Gasteiger partial charge in [-0.1, -0.05) is 6.07 Å². The number of fused-ring (bicyclic) bond motifs is 3. The van der Waals surface area contributed by atoms with Crippen molar-refractivity contribution in [1.82, 2.24) is 4.98 Å². The number of aliphatic hydroxyl groups is 3. The third kappa shape index (κ3) is 3.71. The number of aromatic nitrogens is 1. The van der Waals surface area contributed by atoms with Crippen molar-refractivity contribution in [3.8, 4) is 17.0 Å². The van der Waals surface area contributed by atoms with Crippen LogP contribution in [0.1, 0.15) is 29.5 Å². The summed E-state index contributed by atoms with van der Waals surface area (Å²) in [6.07, 6.45) is 2.14. The van der Waals surface area contributed by atoms with Crippen LogP contribution in [0.25, 0.3) is 17.0 Å². The number of phenolic OH excluding ortho intramolecular Hbond substituents is 1. The van der Waals surface area contributed by atoms with Crippen molar-refractivity contribution in [2.45, 2.75) is 30.6 Å². The fourth-order valence-electron chi connectivity index (χ4n) is 5.89. The molecule has 12 heteroatoms. The molecular weight excluding hydrogens is 516 g/mol. The number of hydrogen-bond donors (Lipinski definition) is 5. The van der Waals surface area contributed by atoms with E-state index >= 15 is 0 Å². The summed E-state index contributed by atoms with van der Waals surface area (Å²) in [5.41, 5.74) is 2.42. The fraction of sp³-hybridized carbons (Fsp3) is 0.308. The van der Waals surface area contributed by atoms with Crippen LogP contribution >= 0.6 is 0 Å². The van der Waals surface area contributed by atoms with Gasteiger partial charge in [0.05, 0.1) is 17.0 Å². The Bertz CT molecular complexity index is 1610. The van der Waals surface area contributed by atoms with Gasteiger partial charge in [0.2, 0.25) is 5.78 Å².